The van der Waals surface area contributed by atoms with Gasteiger partial charge in [0.2, 0.25) is 0 Å². The molecule has 7 heteroatoms. The average Bonchev–Trinajstić information content (AvgIpc) is 3.07. The first-order chi connectivity index (χ1) is 13.0. The predicted molar refractivity (Wildman–Crippen MR) is 104 cm³/mol. The highest BCUT2D eigenvalue weighted by atomic mass is 35.5. The van der Waals surface area contributed by atoms with Crippen LogP contribution >= 0.6 is 11.6 Å². The second-order valence-corrected chi connectivity index (χ2v) is 6.13. The molecule has 0 atom stereocenters. The maximum absolute atomic E-state index is 12.2. The van der Waals surface area contributed by atoms with Gasteiger partial charge in [-0.25, -0.2) is 5.43 Å². The monoisotopic (exact) mass is 381 g/mol. The molecule has 0 bridgehead atoms. The molecule has 0 saturated carbocycles. The molecule has 3 aromatic rings. The number of nitrogens with zero attached hydrogens (tertiary/aromatic N) is 1. The lowest BCUT2D eigenvalue weighted by Crippen LogP contribution is -2.17. The number of rotatable bonds is 5. The average molecular weight is 382 g/mol. The summed E-state index contributed by atoms with van der Waals surface area (Å²) >= 11 is 5.89. The number of hydrazone groups is 1. The molecule has 2 N–H and O–H groups in total. The molecule has 6 nitrogen and oxygen atoms in total. The molecular weight excluding hydrogens is 366 g/mol. The standard InChI is InChI=1S/C20H16ClN3O3/c1-13-5-10-18(27-13)12-22-24-20(26)14-6-8-17(9-7-14)23-19(25)15-3-2-4-16(21)11-15/h2-12H,1H3,(H,23,25)(H,24,26). The first kappa shape index (κ1) is 18.4. The van der Waals surface area contributed by atoms with Gasteiger partial charge in [-0.3, -0.25) is 9.59 Å². The lowest BCUT2D eigenvalue weighted by atomic mass is 10.1. The van der Waals surface area contributed by atoms with E-state index in [1.165, 1.54) is 6.21 Å². The number of amides is 2. The van der Waals surface area contributed by atoms with E-state index in [0.29, 0.717) is 27.6 Å². The number of benzene rings is 2. The van der Waals surface area contributed by atoms with E-state index in [-0.39, 0.29) is 11.8 Å². The summed E-state index contributed by atoms with van der Waals surface area (Å²) in [6, 6.07) is 16.7. The molecule has 27 heavy (non-hydrogen) atoms. The highest BCUT2D eigenvalue weighted by molar-refractivity contribution is 6.31. The van der Waals surface area contributed by atoms with Gasteiger partial charge < -0.3 is 9.73 Å². The summed E-state index contributed by atoms with van der Waals surface area (Å²) in [6.07, 6.45) is 1.42. The molecule has 0 aliphatic rings. The van der Waals surface area contributed by atoms with Crippen LogP contribution in [0.3, 0.4) is 0 Å². The Kier molecular flexibility index (Phi) is 5.68. The molecule has 0 fully saturated rings. The molecular formula is C20H16ClN3O3. The van der Waals surface area contributed by atoms with Gasteiger partial charge in [0.25, 0.3) is 11.8 Å². The summed E-state index contributed by atoms with van der Waals surface area (Å²) in [6.45, 7) is 1.82. The number of aryl methyl sites for hydroxylation is 1. The number of halogens is 1. The van der Waals surface area contributed by atoms with E-state index in [4.69, 9.17) is 16.0 Å². The number of hydrogen-bond donors (Lipinski definition) is 2. The first-order valence-corrected chi connectivity index (χ1v) is 8.46. The van der Waals surface area contributed by atoms with Gasteiger partial charge in [-0.1, -0.05) is 17.7 Å². The quantitative estimate of drug-likeness (QED) is 0.511. The maximum atomic E-state index is 12.2. The molecule has 0 spiro atoms. The summed E-state index contributed by atoms with van der Waals surface area (Å²) in [5.74, 6) is 0.653. The van der Waals surface area contributed by atoms with Crippen LogP contribution in [0, 0.1) is 6.92 Å². The van der Waals surface area contributed by atoms with Gasteiger partial charge in [0.1, 0.15) is 11.5 Å². The molecule has 0 radical (unpaired) electrons. The van der Waals surface area contributed by atoms with Crippen molar-refractivity contribution in [3.05, 3.63) is 88.3 Å². The third-order valence-corrected chi connectivity index (χ3v) is 3.85. The van der Waals surface area contributed by atoms with Crippen LogP contribution < -0.4 is 10.7 Å². The minimum absolute atomic E-state index is 0.284. The molecule has 1 aromatic heterocycles. The molecule has 0 saturated heterocycles. The fraction of sp³-hybridized carbons (Fsp3) is 0.0500. The van der Waals surface area contributed by atoms with Crippen molar-refractivity contribution in [1.29, 1.82) is 0 Å². The van der Waals surface area contributed by atoms with Crippen molar-refractivity contribution < 1.29 is 14.0 Å². The number of hydrogen-bond acceptors (Lipinski definition) is 4. The zero-order valence-electron chi connectivity index (χ0n) is 14.4. The second-order valence-electron chi connectivity index (χ2n) is 5.69. The molecule has 0 unspecified atom stereocenters. The Morgan fingerprint density at radius 2 is 1.78 bits per heavy atom. The van der Waals surface area contributed by atoms with Crippen molar-refractivity contribution >= 4 is 35.3 Å². The van der Waals surface area contributed by atoms with Gasteiger partial charge in [0.15, 0.2) is 0 Å². The van der Waals surface area contributed by atoms with E-state index in [1.807, 2.05) is 6.92 Å². The van der Waals surface area contributed by atoms with Crippen molar-refractivity contribution in [3.63, 3.8) is 0 Å². The molecule has 0 aliphatic carbocycles. The zero-order chi connectivity index (χ0) is 19.2. The molecule has 2 amide bonds. The number of furan rings is 1. The predicted octanol–water partition coefficient (Wildman–Crippen LogP) is 4.26. The van der Waals surface area contributed by atoms with Crippen LogP contribution in [0.25, 0.3) is 0 Å². The van der Waals surface area contributed by atoms with E-state index in [2.05, 4.69) is 15.8 Å². The Hall–Kier alpha value is -3.38. The lowest BCUT2D eigenvalue weighted by molar-refractivity contribution is 0.0954. The first-order valence-electron chi connectivity index (χ1n) is 8.08. The van der Waals surface area contributed by atoms with Crippen LogP contribution in [0.5, 0.6) is 0 Å². The van der Waals surface area contributed by atoms with Gasteiger partial charge in [-0.15, -0.1) is 0 Å². The second kappa shape index (κ2) is 8.33. The Bertz CT molecular complexity index is 994. The largest absolute Gasteiger partial charge is 0.460 e. The van der Waals surface area contributed by atoms with Crippen LogP contribution in [0.15, 0.2) is 70.2 Å². The minimum Gasteiger partial charge on any atom is -0.460 e. The summed E-state index contributed by atoms with van der Waals surface area (Å²) < 4.78 is 5.32. The zero-order valence-corrected chi connectivity index (χ0v) is 15.2. The van der Waals surface area contributed by atoms with Gasteiger partial charge in [-0.05, 0) is 61.5 Å². The third kappa shape index (κ3) is 5.05. The molecule has 136 valence electrons. The van der Waals surface area contributed by atoms with Crippen LogP contribution in [0.2, 0.25) is 5.02 Å². The Morgan fingerprint density at radius 3 is 2.44 bits per heavy atom. The van der Waals surface area contributed by atoms with E-state index in [9.17, 15) is 9.59 Å². The third-order valence-electron chi connectivity index (χ3n) is 3.61. The highest BCUT2D eigenvalue weighted by Crippen LogP contribution is 2.14. The topological polar surface area (TPSA) is 83.7 Å². The van der Waals surface area contributed by atoms with E-state index in [0.717, 1.165) is 5.76 Å². The van der Waals surface area contributed by atoms with Gasteiger partial charge >= 0.3 is 0 Å². The van der Waals surface area contributed by atoms with Crippen LogP contribution in [0.4, 0.5) is 5.69 Å². The van der Waals surface area contributed by atoms with Crippen LogP contribution in [-0.2, 0) is 0 Å². The Morgan fingerprint density at radius 1 is 1.00 bits per heavy atom. The number of carbonyl (C=O) groups excluding carboxylic acids is 2. The lowest BCUT2D eigenvalue weighted by Gasteiger charge is -2.06. The van der Waals surface area contributed by atoms with Crippen molar-refractivity contribution in [1.82, 2.24) is 5.43 Å². The van der Waals surface area contributed by atoms with Crippen LogP contribution in [0.1, 0.15) is 32.2 Å². The summed E-state index contributed by atoms with van der Waals surface area (Å²) in [5.41, 5.74) is 3.84. The fourth-order valence-corrected chi connectivity index (χ4v) is 2.47. The van der Waals surface area contributed by atoms with Crippen molar-refractivity contribution in [2.75, 3.05) is 5.32 Å². The highest BCUT2D eigenvalue weighted by Gasteiger charge is 2.08. The molecule has 3 rings (SSSR count). The summed E-state index contributed by atoms with van der Waals surface area (Å²) in [4.78, 5) is 24.3. The van der Waals surface area contributed by atoms with Crippen molar-refractivity contribution in [3.8, 4) is 0 Å². The SMILES string of the molecule is Cc1ccc(C=NNC(=O)c2ccc(NC(=O)c3cccc(Cl)c3)cc2)o1. The van der Waals surface area contributed by atoms with E-state index < -0.39 is 0 Å². The van der Waals surface area contributed by atoms with Gasteiger partial charge in [0.05, 0.1) is 6.21 Å². The van der Waals surface area contributed by atoms with E-state index >= 15 is 0 Å². The minimum atomic E-state index is -0.373. The summed E-state index contributed by atoms with van der Waals surface area (Å²) in [5, 5.41) is 7.08. The molecule has 0 aliphatic heterocycles. The number of carbonyl (C=O) groups is 2. The molecule has 2 aromatic carbocycles. The molecule has 1 heterocycles. The van der Waals surface area contributed by atoms with Crippen molar-refractivity contribution in [2.45, 2.75) is 6.92 Å². The smallest absolute Gasteiger partial charge is 0.271 e. The number of anilines is 1. The van der Waals surface area contributed by atoms with Gasteiger partial charge in [0, 0.05) is 21.8 Å². The van der Waals surface area contributed by atoms with Crippen molar-refractivity contribution in [2.24, 2.45) is 5.10 Å². The normalized spacial score (nSPS) is 10.7. The van der Waals surface area contributed by atoms with Gasteiger partial charge in [-0.2, -0.15) is 5.10 Å². The fourth-order valence-electron chi connectivity index (χ4n) is 2.28. The Labute approximate surface area is 160 Å². The summed E-state index contributed by atoms with van der Waals surface area (Å²) in [7, 11) is 0. The Balaban J connectivity index is 1.58. The van der Waals surface area contributed by atoms with E-state index in [1.54, 1.807) is 60.7 Å². The maximum Gasteiger partial charge on any atom is 0.271 e. The number of nitrogens with one attached hydrogen (secondary N) is 2. The van der Waals surface area contributed by atoms with Crippen LogP contribution in [-0.4, -0.2) is 18.0 Å².